The zero-order chi connectivity index (χ0) is 13.3. The molecule has 1 spiro atoms. The average molecular weight is 287 g/mol. The second-order valence-electron chi connectivity index (χ2n) is 6.25. The lowest BCUT2D eigenvalue weighted by atomic mass is 9.90. The van der Waals surface area contributed by atoms with Gasteiger partial charge in [0.1, 0.15) is 0 Å². The summed E-state index contributed by atoms with van der Waals surface area (Å²) in [5, 5.41) is 0.0486. The highest BCUT2D eigenvalue weighted by Gasteiger charge is 2.46. The molecule has 19 heavy (non-hydrogen) atoms. The minimum atomic E-state index is -0.833. The van der Waals surface area contributed by atoms with Gasteiger partial charge in [0, 0.05) is 35.4 Å². The van der Waals surface area contributed by atoms with Crippen LogP contribution in [0.15, 0.2) is 0 Å². The Kier molecular flexibility index (Phi) is 4.27. The summed E-state index contributed by atoms with van der Waals surface area (Å²) in [6, 6.07) is 0.0423. The van der Waals surface area contributed by atoms with Gasteiger partial charge in [-0.15, -0.1) is 0 Å². The fourth-order valence-electron chi connectivity index (χ4n) is 3.71. The number of rotatable bonds is 3. The summed E-state index contributed by atoms with van der Waals surface area (Å²) < 4.78 is 24.2. The molecule has 0 amide bonds. The second kappa shape index (κ2) is 5.80. The Balaban J connectivity index is 1.62. The number of hydrogen-bond acceptors (Lipinski definition) is 4. The van der Waals surface area contributed by atoms with Gasteiger partial charge in [0.2, 0.25) is 0 Å². The molecule has 3 rings (SSSR count). The van der Waals surface area contributed by atoms with Crippen molar-refractivity contribution in [1.82, 2.24) is 0 Å². The SMILES string of the molecule is NC1CCC2(CC1S(=O)CC1CCCC1)OCCO2. The smallest absolute Gasteiger partial charge is 0.169 e. The van der Waals surface area contributed by atoms with E-state index in [1.54, 1.807) is 0 Å². The summed E-state index contributed by atoms with van der Waals surface area (Å²) in [6.45, 7) is 1.33. The van der Waals surface area contributed by atoms with Crippen LogP contribution in [0.4, 0.5) is 0 Å². The Morgan fingerprint density at radius 3 is 2.53 bits per heavy atom. The molecular formula is C14H25NO3S. The minimum Gasteiger partial charge on any atom is -0.347 e. The predicted octanol–water partition coefficient (Wildman–Crippen LogP) is 1.55. The normalized spacial score (nSPS) is 36.9. The van der Waals surface area contributed by atoms with Crippen LogP contribution in [0.2, 0.25) is 0 Å². The molecule has 0 aromatic rings. The molecule has 3 unspecified atom stereocenters. The van der Waals surface area contributed by atoms with Crippen LogP contribution >= 0.6 is 0 Å². The molecule has 2 N–H and O–H groups in total. The Labute approximate surface area is 117 Å². The van der Waals surface area contributed by atoms with Crippen LogP contribution in [0.3, 0.4) is 0 Å². The monoisotopic (exact) mass is 287 g/mol. The second-order valence-corrected chi connectivity index (χ2v) is 7.95. The van der Waals surface area contributed by atoms with Crippen LogP contribution in [0.1, 0.15) is 44.9 Å². The Morgan fingerprint density at radius 2 is 1.84 bits per heavy atom. The van der Waals surface area contributed by atoms with Crippen molar-refractivity contribution in [3.8, 4) is 0 Å². The van der Waals surface area contributed by atoms with Crippen LogP contribution in [0.25, 0.3) is 0 Å². The van der Waals surface area contributed by atoms with Gasteiger partial charge in [-0.25, -0.2) is 0 Å². The van der Waals surface area contributed by atoms with Gasteiger partial charge in [-0.05, 0) is 25.2 Å². The number of ether oxygens (including phenoxy) is 2. The number of hydrogen-bond donors (Lipinski definition) is 1. The maximum atomic E-state index is 12.6. The van der Waals surface area contributed by atoms with Crippen molar-refractivity contribution in [2.24, 2.45) is 11.7 Å². The molecule has 0 aromatic carbocycles. The molecular weight excluding hydrogens is 262 g/mol. The molecule has 110 valence electrons. The molecule has 0 bridgehead atoms. The quantitative estimate of drug-likeness (QED) is 0.855. The first-order valence-electron chi connectivity index (χ1n) is 7.59. The summed E-state index contributed by atoms with van der Waals surface area (Å²) in [5.41, 5.74) is 6.20. The molecule has 5 heteroatoms. The molecule has 4 nitrogen and oxygen atoms in total. The third kappa shape index (κ3) is 3.04. The molecule has 1 saturated heterocycles. The van der Waals surface area contributed by atoms with E-state index in [-0.39, 0.29) is 11.3 Å². The summed E-state index contributed by atoms with van der Waals surface area (Å²) >= 11 is 0. The van der Waals surface area contributed by atoms with Crippen LogP contribution < -0.4 is 5.73 Å². The number of nitrogens with two attached hydrogens (primary N) is 1. The Bertz CT molecular complexity index is 338. The average Bonchev–Trinajstić information content (AvgIpc) is 3.05. The van der Waals surface area contributed by atoms with E-state index in [9.17, 15) is 4.21 Å². The van der Waals surface area contributed by atoms with E-state index in [4.69, 9.17) is 15.2 Å². The molecule has 3 aliphatic rings. The lowest BCUT2D eigenvalue weighted by Gasteiger charge is -2.39. The minimum absolute atomic E-state index is 0.0423. The van der Waals surface area contributed by atoms with Gasteiger partial charge in [-0.2, -0.15) is 0 Å². The van der Waals surface area contributed by atoms with Crippen LogP contribution in [-0.2, 0) is 20.3 Å². The maximum absolute atomic E-state index is 12.6. The molecule has 2 aliphatic carbocycles. The fourth-order valence-corrected chi connectivity index (χ4v) is 5.72. The van der Waals surface area contributed by atoms with E-state index < -0.39 is 16.6 Å². The Morgan fingerprint density at radius 1 is 1.16 bits per heavy atom. The lowest BCUT2D eigenvalue weighted by Crippen LogP contribution is -2.51. The molecule has 1 heterocycles. The van der Waals surface area contributed by atoms with Crippen molar-refractivity contribution in [2.45, 2.75) is 62.0 Å². The van der Waals surface area contributed by atoms with Gasteiger partial charge >= 0.3 is 0 Å². The third-order valence-electron chi connectivity index (χ3n) is 4.87. The van der Waals surface area contributed by atoms with E-state index >= 15 is 0 Å². The van der Waals surface area contributed by atoms with Gasteiger partial charge in [0.15, 0.2) is 5.79 Å². The van der Waals surface area contributed by atoms with Gasteiger partial charge in [-0.1, -0.05) is 12.8 Å². The fraction of sp³-hybridized carbons (Fsp3) is 1.00. The summed E-state index contributed by atoms with van der Waals surface area (Å²) in [4.78, 5) is 0. The predicted molar refractivity (Wildman–Crippen MR) is 75.2 cm³/mol. The standard InChI is InChI=1S/C14H25NO3S/c15-12-5-6-14(17-7-8-18-14)9-13(12)19(16)10-11-3-1-2-4-11/h11-13H,1-10,15H2. The highest BCUT2D eigenvalue weighted by atomic mass is 32.2. The first kappa shape index (κ1) is 14.0. The van der Waals surface area contributed by atoms with Crippen LogP contribution in [0, 0.1) is 5.92 Å². The molecule has 0 radical (unpaired) electrons. The van der Waals surface area contributed by atoms with Gasteiger partial charge in [0.05, 0.1) is 18.5 Å². The van der Waals surface area contributed by atoms with Crippen molar-refractivity contribution in [2.75, 3.05) is 19.0 Å². The molecule has 2 saturated carbocycles. The van der Waals surface area contributed by atoms with Crippen molar-refractivity contribution in [3.05, 3.63) is 0 Å². The summed E-state index contributed by atoms with van der Waals surface area (Å²) in [7, 11) is -0.833. The van der Waals surface area contributed by atoms with E-state index in [0.29, 0.717) is 25.6 Å². The van der Waals surface area contributed by atoms with Gasteiger partial charge in [0.25, 0.3) is 0 Å². The van der Waals surface area contributed by atoms with Gasteiger partial charge < -0.3 is 15.2 Å². The molecule has 0 aromatic heterocycles. The first-order chi connectivity index (χ1) is 9.19. The first-order valence-corrected chi connectivity index (χ1v) is 8.97. The van der Waals surface area contributed by atoms with E-state index in [1.165, 1.54) is 25.7 Å². The summed E-state index contributed by atoms with van der Waals surface area (Å²) in [5.74, 6) is 1.01. The zero-order valence-electron chi connectivity index (χ0n) is 11.5. The largest absolute Gasteiger partial charge is 0.347 e. The molecule has 1 aliphatic heterocycles. The third-order valence-corrected chi connectivity index (χ3v) is 6.87. The van der Waals surface area contributed by atoms with Crippen LogP contribution in [0.5, 0.6) is 0 Å². The maximum Gasteiger partial charge on any atom is 0.169 e. The lowest BCUT2D eigenvalue weighted by molar-refractivity contribution is -0.177. The molecule has 3 fully saturated rings. The molecule has 3 atom stereocenters. The van der Waals surface area contributed by atoms with Crippen molar-refractivity contribution >= 4 is 10.8 Å². The van der Waals surface area contributed by atoms with E-state index in [2.05, 4.69) is 0 Å². The van der Waals surface area contributed by atoms with Crippen molar-refractivity contribution in [3.63, 3.8) is 0 Å². The van der Waals surface area contributed by atoms with E-state index in [0.717, 1.165) is 18.6 Å². The zero-order valence-corrected chi connectivity index (χ0v) is 12.3. The Hall–Kier alpha value is 0.0300. The van der Waals surface area contributed by atoms with Crippen molar-refractivity contribution < 1.29 is 13.7 Å². The van der Waals surface area contributed by atoms with Crippen molar-refractivity contribution in [1.29, 1.82) is 0 Å². The van der Waals surface area contributed by atoms with Gasteiger partial charge in [-0.3, -0.25) is 4.21 Å². The highest BCUT2D eigenvalue weighted by molar-refractivity contribution is 7.85. The topological polar surface area (TPSA) is 61.6 Å². The van der Waals surface area contributed by atoms with E-state index in [1.807, 2.05) is 0 Å². The highest BCUT2D eigenvalue weighted by Crippen LogP contribution is 2.38. The summed E-state index contributed by atoms with van der Waals surface area (Å²) in [6.07, 6.45) is 7.51. The van der Waals surface area contributed by atoms with Crippen LogP contribution in [-0.4, -0.2) is 40.3 Å².